The number of aromatic nitrogens is 1. The SMILES string of the molecule is O=C(NCCc1cccnc1)C1=NOC(c2ccco2)C1. The Kier molecular flexibility index (Phi) is 3.95. The molecule has 6 nitrogen and oxygen atoms in total. The zero-order valence-electron chi connectivity index (χ0n) is 11.4. The number of nitrogens with zero attached hydrogens (tertiary/aromatic N) is 2. The van der Waals surface area contributed by atoms with Gasteiger partial charge in [-0.3, -0.25) is 9.78 Å². The highest BCUT2D eigenvalue weighted by Gasteiger charge is 2.28. The third kappa shape index (κ3) is 3.28. The van der Waals surface area contributed by atoms with Gasteiger partial charge in [0.2, 0.25) is 0 Å². The minimum atomic E-state index is -0.306. The van der Waals surface area contributed by atoms with Gasteiger partial charge in [0.1, 0.15) is 11.5 Å². The van der Waals surface area contributed by atoms with E-state index in [1.807, 2.05) is 18.2 Å². The molecule has 1 atom stereocenters. The monoisotopic (exact) mass is 285 g/mol. The van der Waals surface area contributed by atoms with Gasteiger partial charge in [-0.2, -0.15) is 0 Å². The Hall–Kier alpha value is -2.63. The first-order valence-electron chi connectivity index (χ1n) is 6.76. The highest BCUT2D eigenvalue weighted by molar-refractivity contribution is 6.39. The van der Waals surface area contributed by atoms with Crippen LogP contribution in [0.25, 0.3) is 0 Å². The fourth-order valence-corrected chi connectivity index (χ4v) is 2.11. The number of carbonyl (C=O) groups is 1. The number of carbonyl (C=O) groups excluding carboxylic acids is 1. The van der Waals surface area contributed by atoms with E-state index in [0.29, 0.717) is 24.4 Å². The number of amides is 1. The van der Waals surface area contributed by atoms with Gasteiger partial charge in [-0.05, 0) is 30.2 Å². The summed E-state index contributed by atoms with van der Waals surface area (Å²) in [6.07, 6.45) is 5.93. The first kappa shape index (κ1) is 13.4. The molecule has 0 fully saturated rings. The number of rotatable bonds is 5. The molecule has 21 heavy (non-hydrogen) atoms. The summed E-state index contributed by atoms with van der Waals surface area (Å²) in [5.41, 5.74) is 1.47. The third-order valence-electron chi connectivity index (χ3n) is 3.21. The molecule has 1 aliphatic heterocycles. The predicted octanol–water partition coefficient (Wildman–Crippen LogP) is 1.85. The van der Waals surface area contributed by atoms with E-state index in [1.165, 1.54) is 0 Å². The maximum Gasteiger partial charge on any atom is 0.269 e. The van der Waals surface area contributed by atoms with Crippen LogP contribution in [-0.2, 0) is 16.1 Å². The molecule has 0 saturated heterocycles. The molecule has 0 aliphatic carbocycles. The van der Waals surface area contributed by atoms with E-state index >= 15 is 0 Å². The number of oxime groups is 1. The minimum Gasteiger partial charge on any atom is -0.465 e. The van der Waals surface area contributed by atoms with Crippen LogP contribution in [0, 0.1) is 0 Å². The summed E-state index contributed by atoms with van der Waals surface area (Å²) in [7, 11) is 0. The molecule has 108 valence electrons. The zero-order valence-corrected chi connectivity index (χ0v) is 11.4. The topological polar surface area (TPSA) is 76.7 Å². The maximum atomic E-state index is 12.0. The lowest BCUT2D eigenvalue weighted by Crippen LogP contribution is -2.32. The van der Waals surface area contributed by atoms with E-state index in [4.69, 9.17) is 9.25 Å². The van der Waals surface area contributed by atoms with Crippen LogP contribution in [-0.4, -0.2) is 23.1 Å². The quantitative estimate of drug-likeness (QED) is 0.909. The van der Waals surface area contributed by atoms with Crippen molar-refractivity contribution >= 4 is 11.6 Å². The van der Waals surface area contributed by atoms with E-state index in [-0.39, 0.29) is 12.0 Å². The summed E-state index contributed by atoms with van der Waals surface area (Å²) in [6, 6.07) is 7.44. The zero-order chi connectivity index (χ0) is 14.5. The van der Waals surface area contributed by atoms with Crippen LogP contribution < -0.4 is 5.32 Å². The van der Waals surface area contributed by atoms with Gasteiger partial charge >= 0.3 is 0 Å². The molecule has 3 rings (SSSR count). The fourth-order valence-electron chi connectivity index (χ4n) is 2.11. The normalized spacial score (nSPS) is 17.1. The van der Waals surface area contributed by atoms with Crippen molar-refractivity contribution in [3.8, 4) is 0 Å². The Balaban J connectivity index is 1.46. The molecule has 6 heteroatoms. The summed E-state index contributed by atoms with van der Waals surface area (Å²) < 4.78 is 5.25. The van der Waals surface area contributed by atoms with Gasteiger partial charge in [-0.15, -0.1) is 0 Å². The van der Waals surface area contributed by atoms with E-state index in [2.05, 4.69) is 15.5 Å². The van der Waals surface area contributed by atoms with Gasteiger partial charge in [0.05, 0.1) is 6.26 Å². The van der Waals surface area contributed by atoms with E-state index in [0.717, 1.165) is 12.0 Å². The summed E-state index contributed by atoms with van der Waals surface area (Å²) in [5, 5.41) is 6.66. The molecule has 0 radical (unpaired) electrons. The molecule has 3 heterocycles. The van der Waals surface area contributed by atoms with Crippen LogP contribution in [0.3, 0.4) is 0 Å². The molecule has 2 aromatic rings. The highest BCUT2D eigenvalue weighted by Crippen LogP contribution is 2.27. The second kappa shape index (κ2) is 6.21. The number of furan rings is 1. The van der Waals surface area contributed by atoms with Crippen molar-refractivity contribution < 1.29 is 14.0 Å². The van der Waals surface area contributed by atoms with Crippen LogP contribution in [0.2, 0.25) is 0 Å². The van der Waals surface area contributed by atoms with Gasteiger partial charge in [-0.1, -0.05) is 11.2 Å². The van der Waals surface area contributed by atoms with Crippen molar-refractivity contribution in [2.45, 2.75) is 18.9 Å². The lowest BCUT2D eigenvalue weighted by atomic mass is 10.1. The summed E-state index contributed by atoms with van der Waals surface area (Å²) in [5.74, 6) is 0.477. The Morgan fingerprint density at radius 3 is 3.10 bits per heavy atom. The number of hydrogen-bond donors (Lipinski definition) is 1. The van der Waals surface area contributed by atoms with E-state index in [9.17, 15) is 4.79 Å². The highest BCUT2D eigenvalue weighted by atomic mass is 16.6. The van der Waals surface area contributed by atoms with Crippen LogP contribution in [0.15, 0.2) is 52.5 Å². The van der Waals surface area contributed by atoms with Crippen molar-refractivity contribution in [2.24, 2.45) is 5.16 Å². The van der Waals surface area contributed by atoms with Crippen molar-refractivity contribution in [1.82, 2.24) is 10.3 Å². The molecule has 1 aliphatic rings. The molecule has 1 amide bonds. The van der Waals surface area contributed by atoms with Crippen molar-refractivity contribution in [1.29, 1.82) is 0 Å². The summed E-state index contributed by atoms with van der Waals surface area (Å²) >= 11 is 0. The second-order valence-corrected chi connectivity index (χ2v) is 4.72. The Labute approximate surface area is 121 Å². The number of nitrogens with one attached hydrogen (secondary N) is 1. The molecule has 1 unspecified atom stereocenters. The van der Waals surface area contributed by atoms with Crippen LogP contribution >= 0.6 is 0 Å². The molecule has 2 aromatic heterocycles. The average molecular weight is 285 g/mol. The first-order chi connectivity index (χ1) is 10.3. The summed E-state index contributed by atoms with van der Waals surface area (Å²) in [6.45, 7) is 0.537. The lowest BCUT2D eigenvalue weighted by molar-refractivity contribution is -0.114. The fraction of sp³-hybridized carbons (Fsp3) is 0.267. The Morgan fingerprint density at radius 2 is 2.33 bits per heavy atom. The lowest BCUT2D eigenvalue weighted by Gasteiger charge is -2.04. The maximum absolute atomic E-state index is 12.0. The van der Waals surface area contributed by atoms with Crippen LogP contribution in [0.1, 0.15) is 23.8 Å². The number of pyridine rings is 1. The van der Waals surface area contributed by atoms with Crippen LogP contribution in [0.5, 0.6) is 0 Å². The Bertz CT molecular complexity index is 623. The molecular weight excluding hydrogens is 270 g/mol. The molecule has 0 saturated carbocycles. The Morgan fingerprint density at radius 1 is 1.38 bits per heavy atom. The molecule has 0 aromatic carbocycles. The van der Waals surface area contributed by atoms with E-state index < -0.39 is 0 Å². The van der Waals surface area contributed by atoms with Crippen molar-refractivity contribution in [3.05, 3.63) is 54.2 Å². The van der Waals surface area contributed by atoms with Crippen molar-refractivity contribution in [2.75, 3.05) is 6.54 Å². The van der Waals surface area contributed by atoms with Gasteiger partial charge in [0, 0.05) is 25.4 Å². The molecule has 0 spiro atoms. The minimum absolute atomic E-state index is 0.201. The molecular formula is C15H15N3O3. The van der Waals surface area contributed by atoms with Gasteiger partial charge in [0.25, 0.3) is 5.91 Å². The molecule has 1 N–H and O–H groups in total. The predicted molar refractivity (Wildman–Crippen MR) is 75.5 cm³/mol. The molecule has 0 bridgehead atoms. The largest absolute Gasteiger partial charge is 0.465 e. The van der Waals surface area contributed by atoms with Crippen molar-refractivity contribution in [3.63, 3.8) is 0 Å². The average Bonchev–Trinajstić information content (AvgIpc) is 3.19. The summed E-state index contributed by atoms with van der Waals surface area (Å²) in [4.78, 5) is 21.2. The third-order valence-corrected chi connectivity index (χ3v) is 3.21. The van der Waals surface area contributed by atoms with Gasteiger partial charge in [0.15, 0.2) is 6.10 Å². The second-order valence-electron chi connectivity index (χ2n) is 4.72. The standard InChI is InChI=1S/C15H15N3O3/c19-15(17-7-5-11-3-1-6-16-10-11)12-9-14(21-18-12)13-4-2-8-20-13/h1-4,6,8,10,14H,5,7,9H2,(H,17,19). The van der Waals surface area contributed by atoms with Gasteiger partial charge < -0.3 is 14.6 Å². The van der Waals surface area contributed by atoms with E-state index in [1.54, 1.807) is 24.7 Å². The smallest absolute Gasteiger partial charge is 0.269 e. The van der Waals surface area contributed by atoms with Gasteiger partial charge in [-0.25, -0.2) is 0 Å². The first-order valence-corrected chi connectivity index (χ1v) is 6.76. The number of hydrogen-bond acceptors (Lipinski definition) is 5. The van der Waals surface area contributed by atoms with Crippen LogP contribution in [0.4, 0.5) is 0 Å².